The van der Waals surface area contributed by atoms with E-state index in [0.717, 1.165) is 25.7 Å². The molecular weight excluding hydrogens is 182 g/mol. The van der Waals surface area contributed by atoms with Crippen LogP contribution < -0.4 is 5.32 Å². The van der Waals surface area contributed by atoms with E-state index in [2.05, 4.69) is 5.32 Å². The molecule has 1 fully saturated rings. The van der Waals surface area contributed by atoms with Gasteiger partial charge in [-0.15, -0.1) is 0 Å². The quantitative estimate of drug-likeness (QED) is 0.667. The van der Waals surface area contributed by atoms with Crippen LogP contribution in [0.4, 0.5) is 0 Å². The van der Waals surface area contributed by atoms with Gasteiger partial charge in [-0.1, -0.05) is 19.3 Å². The number of carboxylic acid groups (broad SMARTS) is 1. The monoisotopic (exact) mass is 199 g/mol. The van der Waals surface area contributed by atoms with Crippen molar-refractivity contribution in [3.8, 4) is 0 Å². The van der Waals surface area contributed by atoms with E-state index in [-0.39, 0.29) is 5.92 Å². The fourth-order valence-corrected chi connectivity index (χ4v) is 2.16. The molecule has 1 aliphatic rings. The van der Waals surface area contributed by atoms with Gasteiger partial charge in [0.1, 0.15) is 5.54 Å². The molecule has 14 heavy (non-hydrogen) atoms. The second kappa shape index (κ2) is 4.44. The first-order valence-electron chi connectivity index (χ1n) is 5.06. The van der Waals surface area contributed by atoms with E-state index in [0.29, 0.717) is 6.41 Å². The van der Waals surface area contributed by atoms with Gasteiger partial charge in [0, 0.05) is 0 Å². The van der Waals surface area contributed by atoms with Gasteiger partial charge in [-0.25, -0.2) is 4.79 Å². The number of carbonyl (C=O) groups is 2. The highest BCUT2D eigenvalue weighted by Crippen LogP contribution is 2.32. The second-order valence-corrected chi connectivity index (χ2v) is 4.10. The molecule has 0 radical (unpaired) electrons. The zero-order valence-electron chi connectivity index (χ0n) is 8.45. The number of aliphatic carboxylic acids is 1. The minimum Gasteiger partial charge on any atom is -0.480 e. The topological polar surface area (TPSA) is 66.4 Å². The Bertz CT molecular complexity index is 223. The van der Waals surface area contributed by atoms with Crippen molar-refractivity contribution in [3.05, 3.63) is 0 Å². The standard InChI is InChI=1S/C10H17NO3/c1-10(9(13)14,11-7-12)8-5-3-2-4-6-8/h7-8H,2-6H2,1H3,(H,11,12)(H,13,14). The Hall–Kier alpha value is -1.06. The molecule has 0 bridgehead atoms. The zero-order valence-corrected chi connectivity index (χ0v) is 8.45. The third-order valence-electron chi connectivity index (χ3n) is 3.22. The van der Waals surface area contributed by atoms with Crippen LogP contribution in [0.2, 0.25) is 0 Å². The maximum Gasteiger partial charge on any atom is 0.329 e. The number of rotatable bonds is 4. The minimum atomic E-state index is -1.08. The molecule has 1 aliphatic carbocycles. The molecule has 0 heterocycles. The molecule has 1 rings (SSSR count). The molecule has 0 saturated heterocycles. The third-order valence-corrected chi connectivity index (χ3v) is 3.22. The van der Waals surface area contributed by atoms with Gasteiger partial charge in [0.25, 0.3) is 0 Å². The summed E-state index contributed by atoms with van der Waals surface area (Å²) in [4.78, 5) is 21.5. The van der Waals surface area contributed by atoms with Crippen molar-refractivity contribution in [2.24, 2.45) is 5.92 Å². The summed E-state index contributed by atoms with van der Waals surface area (Å²) < 4.78 is 0. The molecule has 4 nitrogen and oxygen atoms in total. The Labute approximate surface area is 83.7 Å². The van der Waals surface area contributed by atoms with Gasteiger partial charge in [-0.2, -0.15) is 0 Å². The van der Waals surface area contributed by atoms with Gasteiger partial charge >= 0.3 is 5.97 Å². The fraction of sp³-hybridized carbons (Fsp3) is 0.800. The largest absolute Gasteiger partial charge is 0.480 e. The number of hydrogen-bond donors (Lipinski definition) is 2. The molecule has 0 aromatic heterocycles. The lowest BCUT2D eigenvalue weighted by molar-refractivity contribution is -0.148. The summed E-state index contributed by atoms with van der Waals surface area (Å²) in [5.41, 5.74) is -1.08. The van der Waals surface area contributed by atoms with Crippen molar-refractivity contribution in [2.75, 3.05) is 0 Å². The molecular formula is C10H17NO3. The normalized spacial score (nSPS) is 22.4. The Morgan fingerprint density at radius 3 is 2.43 bits per heavy atom. The van der Waals surface area contributed by atoms with Crippen LogP contribution in [0, 0.1) is 5.92 Å². The molecule has 2 N–H and O–H groups in total. The van der Waals surface area contributed by atoms with Crippen molar-refractivity contribution in [1.82, 2.24) is 5.32 Å². The van der Waals surface area contributed by atoms with Crippen molar-refractivity contribution in [1.29, 1.82) is 0 Å². The molecule has 0 aliphatic heterocycles. The molecule has 1 saturated carbocycles. The summed E-state index contributed by atoms with van der Waals surface area (Å²) in [6.07, 6.45) is 5.57. The van der Waals surface area contributed by atoms with E-state index >= 15 is 0 Å². The van der Waals surface area contributed by atoms with Crippen molar-refractivity contribution >= 4 is 12.4 Å². The summed E-state index contributed by atoms with van der Waals surface area (Å²) in [6, 6.07) is 0. The molecule has 1 unspecified atom stereocenters. The predicted molar refractivity (Wildman–Crippen MR) is 51.8 cm³/mol. The van der Waals surface area contributed by atoms with Crippen LogP contribution in [0.15, 0.2) is 0 Å². The van der Waals surface area contributed by atoms with E-state index in [1.807, 2.05) is 0 Å². The summed E-state index contributed by atoms with van der Waals surface area (Å²) in [5.74, 6) is -0.865. The smallest absolute Gasteiger partial charge is 0.329 e. The highest BCUT2D eigenvalue weighted by atomic mass is 16.4. The lowest BCUT2D eigenvalue weighted by Gasteiger charge is -2.35. The van der Waals surface area contributed by atoms with Gasteiger partial charge < -0.3 is 10.4 Å². The first kappa shape index (κ1) is 11.0. The van der Waals surface area contributed by atoms with Gasteiger partial charge in [0.2, 0.25) is 6.41 Å². The number of carboxylic acids is 1. The molecule has 1 amide bonds. The Morgan fingerprint density at radius 2 is 2.00 bits per heavy atom. The van der Waals surface area contributed by atoms with Crippen LogP contribution in [0.5, 0.6) is 0 Å². The van der Waals surface area contributed by atoms with Crippen molar-refractivity contribution < 1.29 is 14.7 Å². The maximum absolute atomic E-state index is 11.1. The number of amides is 1. The van der Waals surface area contributed by atoms with E-state index in [1.165, 1.54) is 6.42 Å². The van der Waals surface area contributed by atoms with Crippen LogP contribution in [-0.2, 0) is 9.59 Å². The third kappa shape index (κ3) is 2.05. The Balaban J connectivity index is 2.74. The predicted octanol–water partition coefficient (Wildman–Crippen LogP) is 1.16. The van der Waals surface area contributed by atoms with E-state index in [1.54, 1.807) is 6.92 Å². The zero-order chi connectivity index (χ0) is 10.6. The lowest BCUT2D eigenvalue weighted by Crippen LogP contribution is -2.55. The van der Waals surface area contributed by atoms with Crippen LogP contribution in [0.3, 0.4) is 0 Å². The highest BCUT2D eigenvalue weighted by molar-refractivity contribution is 5.81. The first-order valence-corrected chi connectivity index (χ1v) is 5.06. The Kier molecular flexibility index (Phi) is 3.49. The van der Waals surface area contributed by atoms with Gasteiger partial charge in [-0.05, 0) is 25.7 Å². The van der Waals surface area contributed by atoms with Gasteiger partial charge in [-0.3, -0.25) is 4.79 Å². The summed E-state index contributed by atoms with van der Waals surface area (Å²) in [7, 11) is 0. The molecule has 80 valence electrons. The van der Waals surface area contributed by atoms with Crippen molar-refractivity contribution in [3.63, 3.8) is 0 Å². The molecule has 1 atom stereocenters. The summed E-state index contributed by atoms with van der Waals surface area (Å²) >= 11 is 0. The summed E-state index contributed by atoms with van der Waals surface area (Å²) in [6.45, 7) is 1.60. The van der Waals surface area contributed by atoms with Crippen molar-refractivity contribution in [2.45, 2.75) is 44.6 Å². The fourth-order valence-electron chi connectivity index (χ4n) is 2.16. The average molecular weight is 199 g/mol. The summed E-state index contributed by atoms with van der Waals surface area (Å²) in [5, 5.41) is 11.5. The van der Waals surface area contributed by atoms with E-state index in [9.17, 15) is 9.59 Å². The lowest BCUT2D eigenvalue weighted by atomic mass is 9.76. The SMILES string of the molecule is CC(NC=O)(C(=O)O)C1CCCCC1. The number of nitrogens with one attached hydrogen (secondary N) is 1. The van der Waals surface area contributed by atoms with E-state index < -0.39 is 11.5 Å². The Morgan fingerprint density at radius 1 is 1.43 bits per heavy atom. The van der Waals surface area contributed by atoms with E-state index in [4.69, 9.17) is 5.11 Å². The molecule has 0 spiro atoms. The number of carbonyl (C=O) groups excluding carboxylic acids is 1. The highest BCUT2D eigenvalue weighted by Gasteiger charge is 2.41. The molecule has 0 aromatic rings. The molecule has 0 aromatic carbocycles. The van der Waals surface area contributed by atoms with Crippen LogP contribution in [-0.4, -0.2) is 23.0 Å². The van der Waals surface area contributed by atoms with Crippen LogP contribution in [0.1, 0.15) is 39.0 Å². The van der Waals surface area contributed by atoms with Crippen LogP contribution in [0.25, 0.3) is 0 Å². The first-order chi connectivity index (χ1) is 6.61. The second-order valence-electron chi connectivity index (χ2n) is 4.10. The van der Waals surface area contributed by atoms with Gasteiger partial charge in [0.05, 0.1) is 0 Å². The average Bonchev–Trinajstić information content (AvgIpc) is 2.19. The number of hydrogen-bond acceptors (Lipinski definition) is 2. The molecule has 4 heteroatoms. The van der Waals surface area contributed by atoms with Gasteiger partial charge in [0.15, 0.2) is 0 Å². The van der Waals surface area contributed by atoms with Crippen LogP contribution >= 0.6 is 0 Å². The maximum atomic E-state index is 11.1. The minimum absolute atomic E-state index is 0.0685.